The van der Waals surface area contributed by atoms with Crippen LogP contribution in [0.5, 0.6) is 0 Å². The second-order valence-corrected chi connectivity index (χ2v) is 12.6. The smallest absolute Gasteiger partial charge is 0.316 e. The number of rotatable bonds is 1. The van der Waals surface area contributed by atoms with Gasteiger partial charge in [-0.1, -0.05) is 61.9 Å². The van der Waals surface area contributed by atoms with Crippen molar-refractivity contribution in [1.82, 2.24) is 0 Å². The van der Waals surface area contributed by atoms with Gasteiger partial charge in [0, 0.05) is 19.3 Å². The first-order valence-corrected chi connectivity index (χ1v) is 14.9. The molecule has 4 heterocycles. The van der Waals surface area contributed by atoms with E-state index >= 15 is 0 Å². The highest BCUT2D eigenvalue weighted by molar-refractivity contribution is 6.06. The summed E-state index contributed by atoms with van der Waals surface area (Å²) in [6.45, 7) is 10.5. The molecule has 0 aromatic heterocycles. The Kier molecular flexibility index (Phi) is 8.44. The Bertz CT molecular complexity index is 1140. The second-order valence-electron chi connectivity index (χ2n) is 12.6. The predicted molar refractivity (Wildman–Crippen MR) is 151 cm³/mol. The van der Waals surface area contributed by atoms with Gasteiger partial charge < -0.3 is 29.3 Å². The van der Waals surface area contributed by atoms with Gasteiger partial charge in [-0.3, -0.25) is 4.79 Å². The summed E-state index contributed by atoms with van der Waals surface area (Å²) in [4.78, 5) is 13.9. The third-order valence-electron chi connectivity index (χ3n) is 9.45. The molecule has 5 rings (SSSR count). The third-order valence-corrected chi connectivity index (χ3v) is 9.45. The summed E-state index contributed by atoms with van der Waals surface area (Å²) in [5.41, 5.74) is 0.922. The minimum atomic E-state index is -1.72. The first-order chi connectivity index (χ1) is 19.1. The lowest BCUT2D eigenvalue weighted by Crippen LogP contribution is -2.57. The van der Waals surface area contributed by atoms with Crippen molar-refractivity contribution in [3.8, 4) is 0 Å². The maximum atomic E-state index is 13.9. The summed E-state index contributed by atoms with van der Waals surface area (Å²) >= 11 is 0. The molecule has 9 atom stereocenters. The average molecular weight is 556 g/mol. The van der Waals surface area contributed by atoms with E-state index in [1.54, 1.807) is 13.0 Å². The van der Waals surface area contributed by atoms with Crippen molar-refractivity contribution in [3.05, 3.63) is 47.1 Å². The van der Waals surface area contributed by atoms with Crippen molar-refractivity contribution >= 4 is 11.7 Å². The molecule has 3 saturated heterocycles. The highest BCUT2D eigenvalue weighted by Gasteiger charge is 2.59. The van der Waals surface area contributed by atoms with E-state index in [-0.39, 0.29) is 30.4 Å². The van der Waals surface area contributed by atoms with E-state index in [2.05, 4.69) is 45.0 Å². The zero-order valence-corrected chi connectivity index (χ0v) is 24.5. The lowest BCUT2D eigenvalue weighted by Gasteiger charge is -2.49. The number of allylic oxidation sites excluding steroid dienone is 4. The molecule has 1 aliphatic carbocycles. The number of aliphatic hydroxyl groups is 1. The molecule has 4 aliphatic heterocycles. The first-order valence-electron chi connectivity index (χ1n) is 14.9. The standard InChI is InChI=1S/C32H45NO7/c1-6-27-21(4)12-13-31(40-27)17-25-16-24(39-31)11-10-20(3)14-19(2)8-7-9-23-18-37-29-28(33-36)22(5)15-26(30(34)38-25)32(23,29)35/h7-10,15,19,21,24-27,29,35-36H,6,11-14,16-18H2,1-5H3/t19-,21+,24-,25-,26-,27+,29-,31-,32+/m1/s1. The van der Waals surface area contributed by atoms with Crippen LogP contribution >= 0.6 is 0 Å². The van der Waals surface area contributed by atoms with Crippen LogP contribution in [-0.4, -0.2) is 64.4 Å². The van der Waals surface area contributed by atoms with E-state index in [0.29, 0.717) is 29.9 Å². The Labute approximate surface area is 237 Å². The van der Waals surface area contributed by atoms with Gasteiger partial charge in [-0.05, 0) is 62.5 Å². The van der Waals surface area contributed by atoms with Crippen LogP contribution < -0.4 is 0 Å². The molecule has 2 N–H and O–H groups in total. The van der Waals surface area contributed by atoms with Crippen LogP contribution in [0.3, 0.4) is 0 Å². The van der Waals surface area contributed by atoms with Gasteiger partial charge in [-0.15, -0.1) is 0 Å². The Hall–Kier alpha value is -2.26. The van der Waals surface area contributed by atoms with Gasteiger partial charge in [0.2, 0.25) is 0 Å². The molecule has 0 radical (unpaired) electrons. The third kappa shape index (κ3) is 5.48. The molecule has 220 valence electrons. The summed E-state index contributed by atoms with van der Waals surface area (Å²) in [5, 5.41) is 25.3. The van der Waals surface area contributed by atoms with Gasteiger partial charge in [0.1, 0.15) is 29.4 Å². The van der Waals surface area contributed by atoms with Crippen molar-refractivity contribution in [2.24, 2.45) is 22.9 Å². The number of carbonyl (C=O) groups excluding carboxylic acids is 1. The molecule has 1 spiro atoms. The summed E-state index contributed by atoms with van der Waals surface area (Å²) in [6, 6.07) is 0. The summed E-state index contributed by atoms with van der Waals surface area (Å²) < 4.78 is 25.5. The zero-order valence-electron chi connectivity index (χ0n) is 24.5. The van der Waals surface area contributed by atoms with Gasteiger partial charge in [0.25, 0.3) is 0 Å². The van der Waals surface area contributed by atoms with Crippen LogP contribution in [0.1, 0.15) is 79.6 Å². The fourth-order valence-electron chi connectivity index (χ4n) is 7.22. The van der Waals surface area contributed by atoms with Crippen LogP contribution in [0.15, 0.2) is 52.3 Å². The molecule has 0 saturated carbocycles. The average Bonchev–Trinajstić information content (AvgIpc) is 3.24. The van der Waals surface area contributed by atoms with E-state index < -0.39 is 35.5 Å². The van der Waals surface area contributed by atoms with Crippen molar-refractivity contribution in [3.63, 3.8) is 0 Å². The van der Waals surface area contributed by atoms with Crippen LogP contribution in [0.4, 0.5) is 0 Å². The van der Waals surface area contributed by atoms with E-state index in [1.807, 2.05) is 12.2 Å². The molecule has 8 heteroatoms. The maximum absolute atomic E-state index is 13.9. The lowest BCUT2D eigenvalue weighted by atomic mass is 9.71. The van der Waals surface area contributed by atoms with Crippen LogP contribution in [0, 0.1) is 17.8 Å². The molecule has 5 aliphatic rings. The molecule has 0 aromatic carbocycles. The van der Waals surface area contributed by atoms with E-state index in [0.717, 1.165) is 32.1 Å². The topological polar surface area (TPSA) is 107 Å². The summed E-state index contributed by atoms with van der Waals surface area (Å²) in [6.07, 6.45) is 13.6. The largest absolute Gasteiger partial charge is 0.462 e. The molecule has 0 aromatic rings. The van der Waals surface area contributed by atoms with Crippen molar-refractivity contribution in [2.75, 3.05) is 6.61 Å². The molecule has 3 fully saturated rings. The monoisotopic (exact) mass is 555 g/mol. The normalized spacial score (nSPS) is 43.5. The van der Waals surface area contributed by atoms with Gasteiger partial charge in [-0.25, -0.2) is 0 Å². The predicted octanol–water partition coefficient (Wildman–Crippen LogP) is 5.39. The molecule has 0 amide bonds. The highest BCUT2D eigenvalue weighted by atomic mass is 16.7. The fourth-order valence-corrected chi connectivity index (χ4v) is 7.22. The van der Waals surface area contributed by atoms with Crippen molar-refractivity contribution in [1.29, 1.82) is 0 Å². The number of carbonyl (C=O) groups is 1. The Morgan fingerprint density at radius 2 is 1.98 bits per heavy atom. The summed E-state index contributed by atoms with van der Waals surface area (Å²) in [7, 11) is 0. The van der Waals surface area contributed by atoms with Crippen LogP contribution in [0.25, 0.3) is 0 Å². The van der Waals surface area contributed by atoms with Crippen molar-refractivity contribution < 1.29 is 34.1 Å². The number of fused-ring (bicyclic) bond motifs is 2. The number of nitrogens with zero attached hydrogens (tertiary/aromatic N) is 1. The molecule has 8 nitrogen and oxygen atoms in total. The minimum Gasteiger partial charge on any atom is -0.462 e. The highest BCUT2D eigenvalue weighted by Crippen LogP contribution is 2.46. The van der Waals surface area contributed by atoms with E-state index in [9.17, 15) is 15.1 Å². The van der Waals surface area contributed by atoms with Gasteiger partial charge in [0.05, 0.1) is 18.8 Å². The fraction of sp³-hybridized carbons (Fsp3) is 0.688. The van der Waals surface area contributed by atoms with Gasteiger partial charge in [-0.2, -0.15) is 0 Å². The Morgan fingerprint density at radius 3 is 2.73 bits per heavy atom. The molecular weight excluding hydrogens is 510 g/mol. The molecular formula is C32H45NO7. The zero-order chi connectivity index (χ0) is 28.7. The lowest BCUT2D eigenvalue weighted by molar-refractivity contribution is -0.335. The second kappa shape index (κ2) is 11.6. The Morgan fingerprint density at radius 1 is 1.18 bits per heavy atom. The Balaban J connectivity index is 1.53. The summed E-state index contributed by atoms with van der Waals surface area (Å²) in [5.74, 6) is -1.60. The molecule has 0 unspecified atom stereocenters. The number of hydrogen-bond donors (Lipinski definition) is 2. The number of oxime groups is 1. The quantitative estimate of drug-likeness (QED) is 0.193. The van der Waals surface area contributed by atoms with Crippen LogP contribution in [-0.2, 0) is 23.7 Å². The van der Waals surface area contributed by atoms with Gasteiger partial charge >= 0.3 is 5.97 Å². The van der Waals surface area contributed by atoms with Crippen LogP contribution in [0.2, 0.25) is 0 Å². The maximum Gasteiger partial charge on any atom is 0.316 e. The van der Waals surface area contributed by atoms with E-state index in [4.69, 9.17) is 18.9 Å². The minimum absolute atomic E-state index is 0.0940. The van der Waals surface area contributed by atoms with E-state index in [1.165, 1.54) is 5.57 Å². The SMILES string of the molecule is CC[C@@H]1O[C@]2(CC[C@@H]1C)C[C@H]1C[C@@H](CC=C(C)C[C@H](C)C=CC=C3CO[C@@H]4C(=NO)C(C)=C[C@H](C(=O)O1)[C@@]34O)O2. The number of ether oxygens (including phenoxy) is 4. The number of esters is 1. The number of hydrogen-bond acceptors (Lipinski definition) is 8. The first kappa shape index (κ1) is 29.2. The van der Waals surface area contributed by atoms with Gasteiger partial charge in [0.15, 0.2) is 5.79 Å². The molecule has 40 heavy (non-hydrogen) atoms. The molecule has 2 bridgehead atoms. The van der Waals surface area contributed by atoms with Crippen molar-refractivity contribution in [2.45, 2.75) is 115 Å².